The molecule has 19 heavy (non-hydrogen) atoms. The number of hydrogen-bond donors (Lipinski definition) is 2. The fourth-order valence-electron chi connectivity index (χ4n) is 2.26. The van der Waals surface area contributed by atoms with Crippen LogP contribution < -0.4 is 11.1 Å². The van der Waals surface area contributed by atoms with Crippen LogP contribution in [0.4, 0.5) is 11.4 Å². The highest BCUT2D eigenvalue weighted by Gasteiger charge is 2.37. The minimum atomic E-state index is -0.398. The van der Waals surface area contributed by atoms with Crippen molar-refractivity contribution < 1.29 is 14.3 Å². The number of anilines is 2. The number of carbonyl (C=O) groups excluding carboxylic acids is 1. The van der Waals surface area contributed by atoms with Crippen LogP contribution in [0.2, 0.25) is 0 Å². The van der Waals surface area contributed by atoms with Crippen molar-refractivity contribution in [1.29, 1.82) is 0 Å². The Morgan fingerprint density at radius 1 is 1.58 bits per heavy atom. The van der Waals surface area contributed by atoms with Gasteiger partial charge in [-0.3, -0.25) is 0 Å². The summed E-state index contributed by atoms with van der Waals surface area (Å²) in [5.41, 5.74) is 7.24. The van der Waals surface area contributed by atoms with Crippen LogP contribution in [0.15, 0.2) is 18.2 Å². The van der Waals surface area contributed by atoms with Crippen LogP contribution in [0, 0.1) is 0 Å². The molecule has 1 aliphatic heterocycles. The molecular weight excluding hydrogens is 244 g/mol. The Hall–Kier alpha value is -1.75. The zero-order valence-electron chi connectivity index (χ0n) is 11.5. The largest absolute Gasteiger partial charge is 0.465 e. The molecule has 0 saturated carbocycles. The number of nitrogens with two attached hydrogens (primary N) is 1. The molecule has 5 nitrogen and oxygen atoms in total. The van der Waals surface area contributed by atoms with Gasteiger partial charge in [0.1, 0.15) is 0 Å². The third kappa shape index (κ3) is 2.66. The predicted octanol–water partition coefficient (Wildman–Crippen LogP) is 2.03. The van der Waals surface area contributed by atoms with E-state index in [4.69, 9.17) is 15.2 Å². The number of nitrogen functional groups attached to an aromatic ring is 1. The molecule has 2 atom stereocenters. The lowest BCUT2D eigenvalue weighted by Crippen LogP contribution is -2.41. The van der Waals surface area contributed by atoms with Crippen molar-refractivity contribution >= 4 is 17.3 Å². The Balaban J connectivity index is 2.32. The first-order valence-corrected chi connectivity index (χ1v) is 6.34. The zero-order chi connectivity index (χ0) is 14.0. The van der Waals surface area contributed by atoms with Gasteiger partial charge in [-0.2, -0.15) is 0 Å². The molecule has 1 saturated heterocycles. The van der Waals surface area contributed by atoms with Gasteiger partial charge < -0.3 is 20.5 Å². The monoisotopic (exact) mass is 264 g/mol. The summed E-state index contributed by atoms with van der Waals surface area (Å²) in [5, 5.41) is 3.40. The smallest absolute Gasteiger partial charge is 0.340 e. The van der Waals surface area contributed by atoms with Crippen LogP contribution >= 0.6 is 0 Å². The van der Waals surface area contributed by atoms with Crippen molar-refractivity contribution in [3.8, 4) is 0 Å². The topological polar surface area (TPSA) is 73.6 Å². The van der Waals surface area contributed by atoms with Crippen LogP contribution in [0.3, 0.4) is 0 Å². The maximum absolute atomic E-state index is 11.8. The number of nitrogens with one attached hydrogen (secondary N) is 1. The van der Waals surface area contributed by atoms with Crippen LogP contribution in [-0.2, 0) is 9.47 Å². The Morgan fingerprint density at radius 3 is 2.89 bits per heavy atom. The second kappa shape index (κ2) is 5.09. The molecule has 104 valence electrons. The number of ether oxygens (including phenoxy) is 2. The predicted molar refractivity (Wildman–Crippen MR) is 74.3 cm³/mol. The summed E-state index contributed by atoms with van der Waals surface area (Å²) in [4.78, 5) is 11.8. The fourth-order valence-corrected chi connectivity index (χ4v) is 2.26. The standard InChI is InChI=1S/C14H20N2O3/c1-9-14(2,6-7-19-9)16-12-5-4-10(15)8-11(12)13(17)18-3/h4-5,8-9,16H,6-7,15H2,1-3H3. The molecule has 2 rings (SSSR count). The Kier molecular flexibility index (Phi) is 3.66. The molecule has 1 aliphatic rings. The highest BCUT2D eigenvalue weighted by Crippen LogP contribution is 2.31. The van der Waals surface area contributed by atoms with E-state index in [1.807, 2.05) is 6.92 Å². The lowest BCUT2D eigenvalue weighted by Gasteiger charge is -2.31. The van der Waals surface area contributed by atoms with E-state index in [9.17, 15) is 4.79 Å². The van der Waals surface area contributed by atoms with Crippen LogP contribution in [0.25, 0.3) is 0 Å². The zero-order valence-corrected chi connectivity index (χ0v) is 11.5. The van der Waals surface area contributed by atoms with E-state index in [1.54, 1.807) is 18.2 Å². The number of benzene rings is 1. The molecule has 0 aromatic heterocycles. The van der Waals surface area contributed by atoms with E-state index in [0.717, 1.165) is 12.1 Å². The molecule has 3 N–H and O–H groups in total. The third-order valence-electron chi connectivity index (χ3n) is 3.76. The van der Waals surface area contributed by atoms with Gasteiger partial charge in [0.25, 0.3) is 0 Å². The lowest BCUT2D eigenvalue weighted by atomic mass is 9.93. The molecule has 1 aromatic carbocycles. The number of carbonyl (C=O) groups is 1. The van der Waals surface area contributed by atoms with Gasteiger partial charge in [-0.05, 0) is 38.5 Å². The molecule has 2 unspecified atom stereocenters. The van der Waals surface area contributed by atoms with E-state index in [1.165, 1.54) is 7.11 Å². The van der Waals surface area contributed by atoms with Crippen molar-refractivity contribution in [2.45, 2.75) is 31.9 Å². The van der Waals surface area contributed by atoms with E-state index >= 15 is 0 Å². The van der Waals surface area contributed by atoms with E-state index in [0.29, 0.717) is 17.9 Å². The summed E-state index contributed by atoms with van der Waals surface area (Å²) in [6.07, 6.45) is 0.967. The Labute approximate surface area is 113 Å². The maximum Gasteiger partial charge on any atom is 0.340 e. The maximum atomic E-state index is 11.8. The molecule has 5 heteroatoms. The van der Waals surface area contributed by atoms with Crippen LogP contribution in [0.1, 0.15) is 30.6 Å². The highest BCUT2D eigenvalue weighted by molar-refractivity contribution is 5.96. The van der Waals surface area contributed by atoms with Gasteiger partial charge in [-0.25, -0.2) is 4.79 Å². The van der Waals surface area contributed by atoms with Gasteiger partial charge in [-0.15, -0.1) is 0 Å². The molecule has 0 radical (unpaired) electrons. The Morgan fingerprint density at radius 2 is 2.32 bits per heavy atom. The first-order valence-electron chi connectivity index (χ1n) is 6.34. The SMILES string of the molecule is COC(=O)c1cc(N)ccc1NC1(C)CCOC1C. The quantitative estimate of drug-likeness (QED) is 0.645. The first-order chi connectivity index (χ1) is 8.96. The van der Waals surface area contributed by atoms with Gasteiger partial charge in [-0.1, -0.05) is 0 Å². The fraction of sp³-hybridized carbons (Fsp3) is 0.500. The van der Waals surface area contributed by atoms with Gasteiger partial charge in [0.15, 0.2) is 0 Å². The molecule has 1 aromatic rings. The van der Waals surface area contributed by atoms with Crippen molar-refractivity contribution in [3.63, 3.8) is 0 Å². The molecular formula is C14H20N2O3. The van der Waals surface area contributed by atoms with Crippen LogP contribution in [-0.4, -0.2) is 31.3 Å². The molecule has 0 bridgehead atoms. The van der Waals surface area contributed by atoms with E-state index < -0.39 is 5.97 Å². The van der Waals surface area contributed by atoms with Gasteiger partial charge >= 0.3 is 5.97 Å². The van der Waals surface area contributed by atoms with Crippen LogP contribution in [0.5, 0.6) is 0 Å². The van der Waals surface area contributed by atoms with E-state index in [-0.39, 0.29) is 11.6 Å². The summed E-state index contributed by atoms with van der Waals surface area (Å²) in [6, 6.07) is 5.19. The van der Waals surface area contributed by atoms with Gasteiger partial charge in [0, 0.05) is 18.0 Å². The molecule has 1 fully saturated rings. The molecule has 0 aliphatic carbocycles. The summed E-state index contributed by atoms with van der Waals surface area (Å²) in [5.74, 6) is -0.398. The second-order valence-corrected chi connectivity index (χ2v) is 5.10. The second-order valence-electron chi connectivity index (χ2n) is 5.10. The minimum Gasteiger partial charge on any atom is -0.465 e. The molecule has 0 amide bonds. The van der Waals surface area contributed by atoms with Crippen molar-refractivity contribution in [2.24, 2.45) is 0 Å². The molecule has 1 heterocycles. The summed E-state index contributed by atoms with van der Waals surface area (Å²) in [6.45, 7) is 4.82. The minimum absolute atomic E-state index is 0.0792. The highest BCUT2D eigenvalue weighted by atomic mass is 16.5. The van der Waals surface area contributed by atoms with E-state index in [2.05, 4.69) is 12.2 Å². The van der Waals surface area contributed by atoms with Crippen molar-refractivity contribution in [3.05, 3.63) is 23.8 Å². The van der Waals surface area contributed by atoms with Crippen molar-refractivity contribution in [2.75, 3.05) is 24.8 Å². The van der Waals surface area contributed by atoms with Gasteiger partial charge in [0.05, 0.1) is 24.3 Å². The summed E-state index contributed by atoms with van der Waals surface area (Å²) < 4.78 is 10.4. The number of hydrogen-bond acceptors (Lipinski definition) is 5. The first kappa shape index (κ1) is 13.7. The number of rotatable bonds is 3. The normalized spacial score (nSPS) is 26.2. The summed E-state index contributed by atoms with van der Waals surface area (Å²) in [7, 11) is 1.36. The van der Waals surface area contributed by atoms with Gasteiger partial charge in [0.2, 0.25) is 0 Å². The average molecular weight is 264 g/mol. The molecule has 0 spiro atoms. The lowest BCUT2D eigenvalue weighted by molar-refractivity contribution is 0.0601. The number of methoxy groups -OCH3 is 1. The third-order valence-corrected chi connectivity index (χ3v) is 3.76. The Bertz CT molecular complexity index is 490. The number of esters is 1. The average Bonchev–Trinajstić information content (AvgIpc) is 2.71. The summed E-state index contributed by atoms with van der Waals surface area (Å²) >= 11 is 0. The van der Waals surface area contributed by atoms with Crippen molar-refractivity contribution in [1.82, 2.24) is 0 Å².